The number of hydrogen-bond acceptors (Lipinski definition) is 7. The number of nitrogens with zero attached hydrogens (tertiary/aromatic N) is 5. The van der Waals surface area contributed by atoms with Gasteiger partial charge in [0.05, 0.1) is 5.39 Å². The normalized spacial score (nSPS) is 14.3. The van der Waals surface area contributed by atoms with Crippen molar-refractivity contribution >= 4 is 39.5 Å². The predicted octanol–water partition coefficient (Wildman–Crippen LogP) is 4.01. The van der Waals surface area contributed by atoms with Crippen LogP contribution in [0.3, 0.4) is 0 Å². The Balaban J connectivity index is 1.21. The lowest BCUT2D eigenvalue weighted by atomic mass is 10.1. The summed E-state index contributed by atoms with van der Waals surface area (Å²) in [6, 6.07) is 15.5. The molecule has 1 fully saturated rings. The van der Waals surface area contributed by atoms with E-state index in [1.807, 2.05) is 36.4 Å². The Bertz CT molecular complexity index is 1180. The number of benzene rings is 2. The zero-order valence-electron chi connectivity index (χ0n) is 16.4. The van der Waals surface area contributed by atoms with Crippen LogP contribution in [0.2, 0.25) is 0 Å². The van der Waals surface area contributed by atoms with Crippen LogP contribution in [0.25, 0.3) is 22.4 Å². The van der Waals surface area contributed by atoms with Crippen molar-refractivity contribution in [2.45, 2.75) is 6.92 Å². The van der Waals surface area contributed by atoms with Gasteiger partial charge in [0.15, 0.2) is 17.2 Å². The molecule has 0 bridgehead atoms. The lowest BCUT2D eigenvalue weighted by Gasteiger charge is -2.34. The van der Waals surface area contributed by atoms with Gasteiger partial charge in [-0.05, 0) is 19.1 Å². The highest BCUT2D eigenvalue weighted by Gasteiger charge is 2.24. The first-order valence-corrected chi connectivity index (χ1v) is 10.5. The van der Waals surface area contributed by atoms with Gasteiger partial charge in [-0.2, -0.15) is 9.36 Å². The van der Waals surface area contributed by atoms with E-state index >= 15 is 0 Å². The molecule has 5 rings (SSSR count). The van der Waals surface area contributed by atoms with E-state index < -0.39 is 0 Å². The molecule has 2 amide bonds. The Labute approximate surface area is 177 Å². The van der Waals surface area contributed by atoms with Crippen molar-refractivity contribution in [3.63, 3.8) is 0 Å². The van der Waals surface area contributed by atoms with Gasteiger partial charge in [-0.15, -0.1) is 0 Å². The number of fused-ring (bicyclic) bond motifs is 1. The third kappa shape index (κ3) is 3.59. The van der Waals surface area contributed by atoms with Gasteiger partial charge in [-0.1, -0.05) is 47.1 Å². The second-order valence-corrected chi connectivity index (χ2v) is 7.93. The quantitative estimate of drug-likeness (QED) is 0.539. The number of amides is 2. The number of carbonyl (C=O) groups excluding carboxylic acids is 1. The van der Waals surface area contributed by atoms with E-state index in [9.17, 15) is 4.79 Å². The SMILES string of the molecule is Cc1ccc(-c2nsc(N3CCN(C(=O)Nc4noc5ccccc45)CC3)n2)cc1. The Morgan fingerprint density at radius 1 is 1.07 bits per heavy atom. The van der Waals surface area contributed by atoms with Crippen LogP contribution in [0.1, 0.15) is 5.56 Å². The smallest absolute Gasteiger partial charge is 0.323 e. The first-order chi connectivity index (χ1) is 14.7. The molecule has 152 valence electrons. The Morgan fingerprint density at radius 2 is 1.83 bits per heavy atom. The molecule has 9 heteroatoms. The number of hydrogen-bond donors (Lipinski definition) is 1. The maximum atomic E-state index is 12.7. The van der Waals surface area contributed by atoms with E-state index in [2.05, 4.69) is 38.8 Å². The lowest BCUT2D eigenvalue weighted by Crippen LogP contribution is -2.50. The molecular weight excluding hydrogens is 400 g/mol. The minimum absolute atomic E-state index is 0.175. The fourth-order valence-electron chi connectivity index (χ4n) is 3.42. The van der Waals surface area contributed by atoms with Crippen LogP contribution in [-0.4, -0.2) is 51.6 Å². The molecule has 2 aromatic heterocycles. The summed E-state index contributed by atoms with van der Waals surface area (Å²) < 4.78 is 9.75. The summed E-state index contributed by atoms with van der Waals surface area (Å²) in [6.07, 6.45) is 0. The van der Waals surface area contributed by atoms with E-state index in [0.717, 1.165) is 21.9 Å². The Hall–Kier alpha value is -3.46. The Morgan fingerprint density at radius 3 is 2.63 bits per heavy atom. The van der Waals surface area contributed by atoms with Crippen molar-refractivity contribution < 1.29 is 9.32 Å². The average Bonchev–Trinajstić information content (AvgIpc) is 3.42. The summed E-state index contributed by atoms with van der Waals surface area (Å²) in [5.74, 6) is 1.19. The molecule has 30 heavy (non-hydrogen) atoms. The van der Waals surface area contributed by atoms with Crippen molar-refractivity contribution in [1.82, 2.24) is 19.4 Å². The highest BCUT2D eigenvalue weighted by Crippen LogP contribution is 2.26. The Kier molecular flexibility index (Phi) is 4.80. The van der Waals surface area contributed by atoms with E-state index in [1.54, 1.807) is 4.90 Å². The molecule has 2 aromatic carbocycles. The molecule has 0 radical (unpaired) electrons. The number of rotatable bonds is 3. The number of urea groups is 1. The zero-order chi connectivity index (χ0) is 20.5. The van der Waals surface area contributed by atoms with E-state index in [4.69, 9.17) is 9.51 Å². The molecule has 0 unspecified atom stereocenters. The summed E-state index contributed by atoms with van der Waals surface area (Å²) in [4.78, 5) is 21.3. The molecule has 1 aliphatic heterocycles. The minimum atomic E-state index is -0.175. The number of piperazine rings is 1. The molecule has 3 heterocycles. The molecule has 1 N–H and O–H groups in total. The standard InChI is InChI=1S/C21H20N6O2S/c1-14-6-8-15(9-7-14)18-23-21(30-25-18)27-12-10-26(11-13-27)20(28)22-19-16-4-2-3-5-17(16)29-24-19/h2-9H,10-13H2,1H3,(H,22,24,28). The summed E-state index contributed by atoms with van der Waals surface area (Å²) in [5, 5.41) is 8.50. The molecule has 0 spiro atoms. The molecule has 8 nitrogen and oxygen atoms in total. The monoisotopic (exact) mass is 420 g/mol. The van der Waals surface area contributed by atoms with Gasteiger partial charge in [-0.3, -0.25) is 5.32 Å². The summed E-state index contributed by atoms with van der Waals surface area (Å²) in [5.41, 5.74) is 2.88. The van der Waals surface area contributed by atoms with Gasteiger partial charge in [0.25, 0.3) is 0 Å². The second kappa shape index (κ2) is 7.75. The largest absolute Gasteiger partial charge is 0.354 e. The third-order valence-corrected chi connectivity index (χ3v) is 5.94. The molecule has 0 saturated carbocycles. The van der Waals surface area contributed by atoms with Crippen molar-refractivity contribution in [3.8, 4) is 11.4 Å². The van der Waals surface area contributed by atoms with Gasteiger partial charge in [-0.25, -0.2) is 4.79 Å². The van der Waals surface area contributed by atoms with E-state index in [1.165, 1.54) is 17.1 Å². The average molecular weight is 420 g/mol. The molecule has 1 saturated heterocycles. The van der Waals surface area contributed by atoms with Gasteiger partial charge in [0.2, 0.25) is 5.13 Å². The number of para-hydroxylation sites is 1. The highest BCUT2D eigenvalue weighted by atomic mass is 32.1. The third-order valence-electron chi connectivity index (χ3n) is 5.17. The van der Waals surface area contributed by atoms with E-state index in [0.29, 0.717) is 37.6 Å². The van der Waals surface area contributed by atoms with Crippen LogP contribution in [0.4, 0.5) is 15.7 Å². The van der Waals surface area contributed by atoms with Gasteiger partial charge in [0.1, 0.15) is 0 Å². The van der Waals surface area contributed by atoms with Crippen LogP contribution in [0.5, 0.6) is 0 Å². The van der Waals surface area contributed by atoms with Crippen LogP contribution < -0.4 is 10.2 Å². The molecular formula is C21H20N6O2S. The van der Waals surface area contributed by atoms with Crippen molar-refractivity contribution in [1.29, 1.82) is 0 Å². The molecule has 4 aromatic rings. The van der Waals surface area contributed by atoms with Crippen LogP contribution in [0, 0.1) is 6.92 Å². The number of nitrogens with one attached hydrogen (secondary N) is 1. The molecule has 0 aliphatic carbocycles. The number of carbonyl (C=O) groups is 1. The van der Waals surface area contributed by atoms with E-state index in [-0.39, 0.29) is 6.03 Å². The fraction of sp³-hybridized carbons (Fsp3) is 0.238. The summed E-state index contributed by atoms with van der Waals surface area (Å²) in [6.45, 7) is 4.66. The number of aromatic nitrogens is 3. The lowest BCUT2D eigenvalue weighted by molar-refractivity contribution is 0.208. The number of aryl methyl sites for hydroxylation is 1. The summed E-state index contributed by atoms with van der Waals surface area (Å²) in [7, 11) is 0. The first kappa shape index (κ1) is 18.6. The summed E-state index contributed by atoms with van der Waals surface area (Å²) >= 11 is 1.39. The minimum Gasteiger partial charge on any atom is -0.354 e. The fourth-order valence-corrected chi connectivity index (χ4v) is 4.16. The van der Waals surface area contributed by atoms with Crippen molar-refractivity contribution in [3.05, 3.63) is 54.1 Å². The van der Waals surface area contributed by atoms with Crippen LogP contribution in [0.15, 0.2) is 53.1 Å². The zero-order valence-corrected chi connectivity index (χ0v) is 17.2. The van der Waals surface area contributed by atoms with Gasteiger partial charge in [0, 0.05) is 43.3 Å². The van der Waals surface area contributed by atoms with Crippen molar-refractivity contribution in [2.24, 2.45) is 0 Å². The van der Waals surface area contributed by atoms with Crippen LogP contribution >= 0.6 is 11.5 Å². The van der Waals surface area contributed by atoms with Crippen molar-refractivity contribution in [2.75, 3.05) is 36.4 Å². The highest BCUT2D eigenvalue weighted by molar-refractivity contribution is 7.09. The predicted molar refractivity (Wildman–Crippen MR) is 117 cm³/mol. The van der Waals surface area contributed by atoms with Gasteiger partial charge < -0.3 is 14.3 Å². The maximum Gasteiger partial charge on any atom is 0.323 e. The second-order valence-electron chi connectivity index (χ2n) is 7.20. The topological polar surface area (TPSA) is 87.4 Å². The first-order valence-electron chi connectivity index (χ1n) is 9.73. The molecule has 0 atom stereocenters. The number of anilines is 2. The molecule has 1 aliphatic rings. The maximum absolute atomic E-state index is 12.7. The van der Waals surface area contributed by atoms with Crippen LogP contribution in [-0.2, 0) is 0 Å². The van der Waals surface area contributed by atoms with Gasteiger partial charge >= 0.3 is 6.03 Å².